The van der Waals surface area contributed by atoms with Crippen molar-refractivity contribution in [2.24, 2.45) is 5.92 Å². The van der Waals surface area contributed by atoms with Crippen LogP contribution in [0.2, 0.25) is 0 Å². The van der Waals surface area contributed by atoms with Crippen molar-refractivity contribution in [1.82, 2.24) is 25.1 Å². The molecule has 2 aromatic carbocycles. The second-order valence-corrected chi connectivity index (χ2v) is 8.33. The molecule has 0 spiro atoms. The Morgan fingerprint density at radius 2 is 1.63 bits per heavy atom. The summed E-state index contributed by atoms with van der Waals surface area (Å²) in [5, 5.41) is 12.6. The van der Waals surface area contributed by atoms with Crippen LogP contribution in [0.1, 0.15) is 37.7 Å². The molecule has 0 bridgehead atoms. The number of hydrogen-bond donors (Lipinski definition) is 0. The van der Waals surface area contributed by atoms with Gasteiger partial charge in [0.05, 0.1) is 12.6 Å². The Labute approximate surface area is 177 Å². The highest BCUT2D eigenvalue weighted by Crippen LogP contribution is 2.28. The highest BCUT2D eigenvalue weighted by atomic mass is 19.1. The van der Waals surface area contributed by atoms with Crippen LogP contribution in [0.25, 0.3) is 0 Å². The van der Waals surface area contributed by atoms with Crippen molar-refractivity contribution in [2.45, 2.75) is 32.9 Å². The van der Waals surface area contributed by atoms with Crippen LogP contribution in [0, 0.1) is 11.7 Å². The summed E-state index contributed by atoms with van der Waals surface area (Å²) < 4.78 is 15.1. The van der Waals surface area contributed by atoms with Crippen molar-refractivity contribution >= 4 is 5.69 Å². The molecule has 2 heterocycles. The first-order valence-corrected chi connectivity index (χ1v) is 10.6. The lowest BCUT2D eigenvalue weighted by Gasteiger charge is -2.40. The van der Waals surface area contributed by atoms with Crippen LogP contribution < -0.4 is 4.90 Å². The van der Waals surface area contributed by atoms with Gasteiger partial charge in [-0.3, -0.25) is 4.90 Å². The average Bonchev–Trinajstić information content (AvgIpc) is 3.22. The molecular weight excluding hydrogens is 379 g/mol. The minimum atomic E-state index is -0.232. The number of halogens is 1. The lowest BCUT2D eigenvalue weighted by atomic mass is 10.0. The zero-order chi connectivity index (χ0) is 20.9. The van der Waals surface area contributed by atoms with E-state index in [1.807, 2.05) is 4.68 Å². The lowest BCUT2D eigenvalue weighted by molar-refractivity contribution is 0.153. The van der Waals surface area contributed by atoms with Crippen molar-refractivity contribution in [3.63, 3.8) is 0 Å². The maximum atomic E-state index is 13.3. The Hall–Kier alpha value is -2.80. The molecule has 0 N–H and O–H groups in total. The maximum Gasteiger partial charge on any atom is 0.168 e. The van der Waals surface area contributed by atoms with Gasteiger partial charge in [-0.15, -0.1) is 5.10 Å². The van der Waals surface area contributed by atoms with E-state index in [2.05, 4.69) is 69.5 Å². The van der Waals surface area contributed by atoms with Crippen LogP contribution in [-0.2, 0) is 6.54 Å². The van der Waals surface area contributed by atoms with E-state index in [0.29, 0.717) is 12.5 Å². The third kappa shape index (κ3) is 4.84. The minimum Gasteiger partial charge on any atom is -0.369 e. The summed E-state index contributed by atoms with van der Waals surface area (Å²) >= 11 is 0. The molecule has 0 saturated carbocycles. The molecule has 158 valence electrons. The van der Waals surface area contributed by atoms with Crippen LogP contribution >= 0.6 is 0 Å². The number of aromatic nitrogens is 4. The Morgan fingerprint density at radius 1 is 0.933 bits per heavy atom. The van der Waals surface area contributed by atoms with Crippen LogP contribution in [-0.4, -0.2) is 51.3 Å². The molecule has 0 radical (unpaired) electrons. The second kappa shape index (κ2) is 9.34. The fraction of sp³-hybridized carbons (Fsp3) is 0.435. The molecule has 1 aliphatic heterocycles. The standard InChI is InChI=1S/C23H29FN6/c1-18(2)16-22(29-14-12-28(13-15-29)21-6-4-3-5-7-21)23-25-26-27-30(23)17-19-8-10-20(24)11-9-19/h3-11,18,22H,12-17H2,1-2H3/t22-/m1/s1. The molecule has 7 heteroatoms. The molecule has 1 fully saturated rings. The number of hydrogen-bond acceptors (Lipinski definition) is 5. The van der Waals surface area contributed by atoms with E-state index in [4.69, 9.17) is 0 Å². The SMILES string of the molecule is CC(C)C[C@H](c1nnnn1Cc1ccc(F)cc1)N1CCN(c2ccccc2)CC1. The summed E-state index contributed by atoms with van der Waals surface area (Å²) in [4.78, 5) is 4.94. The predicted molar refractivity (Wildman–Crippen MR) is 116 cm³/mol. The molecule has 3 aromatic rings. The number of rotatable bonds is 7. The Bertz CT molecular complexity index is 916. The third-order valence-corrected chi connectivity index (χ3v) is 5.67. The fourth-order valence-electron chi connectivity index (χ4n) is 4.12. The van der Waals surface area contributed by atoms with E-state index in [-0.39, 0.29) is 11.9 Å². The van der Waals surface area contributed by atoms with Gasteiger partial charge < -0.3 is 4.90 Å². The molecule has 6 nitrogen and oxygen atoms in total. The van der Waals surface area contributed by atoms with Gasteiger partial charge >= 0.3 is 0 Å². The zero-order valence-corrected chi connectivity index (χ0v) is 17.7. The largest absolute Gasteiger partial charge is 0.369 e. The van der Waals surface area contributed by atoms with E-state index in [1.54, 1.807) is 12.1 Å². The van der Waals surface area contributed by atoms with Gasteiger partial charge in [0.25, 0.3) is 0 Å². The van der Waals surface area contributed by atoms with Gasteiger partial charge in [-0.1, -0.05) is 44.2 Å². The molecule has 1 aromatic heterocycles. The number of benzene rings is 2. The molecule has 30 heavy (non-hydrogen) atoms. The van der Waals surface area contributed by atoms with Gasteiger partial charge in [-0.25, -0.2) is 9.07 Å². The van der Waals surface area contributed by atoms with Crippen molar-refractivity contribution in [3.8, 4) is 0 Å². The topological polar surface area (TPSA) is 50.1 Å². The van der Waals surface area contributed by atoms with E-state index < -0.39 is 0 Å². The summed E-state index contributed by atoms with van der Waals surface area (Å²) in [6, 6.07) is 17.3. The second-order valence-electron chi connectivity index (χ2n) is 8.33. The molecular formula is C23H29FN6. The molecule has 1 atom stereocenters. The van der Waals surface area contributed by atoms with Gasteiger partial charge in [0, 0.05) is 31.9 Å². The summed E-state index contributed by atoms with van der Waals surface area (Å²) in [5.74, 6) is 1.18. The number of tetrazole rings is 1. The number of para-hydroxylation sites is 1. The zero-order valence-electron chi connectivity index (χ0n) is 17.7. The van der Waals surface area contributed by atoms with Crippen LogP contribution in [0.3, 0.4) is 0 Å². The van der Waals surface area contributed by atoms with Crippen LogP contribution in [0.4, 0.5) is 10.1 Å². The summed E-state index contributed by atoms with van der Waals surface area (Å²) in [5.41, 5.74) is 2.26. The monoisotopic (exact) mass is 408 g/mol. The van der Waals surface area contributed by atoms with Crippen molar-refractivity contribution in [1.29, 1.82) is 0 Å². The van der Waals surface area contributed by atoms with Gasteiger partial charge in [0.2, 0.25) is 0 Å². The highest BCUT2D eigenvalue weighted by molar-refractivity contribution is 5.46. The molecule has 0 unspecified atom stereocenters. The van der Waals surface area contributed by atoms with Crippen molar-refractivity contribution < 1.29 is 4.39 Å². The summed E-state index contributed by atoms with van der Waals surface area (Å²) in [6.07, 6.45) is 0.995. The maximum absolute atomic E-state index is 13.3. The van der Waals surface area contributed by atoms with E-state index >= 15 is 0 Å². The fourth-order valence-corrected chi connectivity index (χ4v) is 4.12. The summed E-state index contributed by atoms with van der Waals surface area (Å²) in [6.45, 7) is 8.92. The highest BCUT2D eigenvalue weighted by Gasteiger charge is 2.29. The van der Waals surface area contributed by atoms with E-state index in [1.165, 1.54) is 17.8 Å². The number of piperazine rings is 1. The van der Waals surface area contributed by atoms with Crippen LogP contribution in [0.15, 0.2) is 54.6 Å². The molecule has 0 amide bonds. The average molecular weight is 409 g/mol. The van der Waals surface area contributed by atoms with Gasteiger partial charge in [0.1, 0.15) is 5.82 Å². The van der Waals surface area contributed by atoms with Crippen molar-refractivity contribution in [3.05, 3.63) is 71.8 Å². The molecule has 4 rings (SSSR count). The molecule has 1 aliphatic rings. The first-order valence-electron chi connectivity index (χ1n) is 10.6. The van der Waals surface area contributed by atoms with Gasteiger partial charge in [-0.2, -0.15) is 0 Å². The smallest absolute Gasteiger partial charge is 0.168 e. The number of nitrogens with zero attached hydrogens (tertiary/aromatic N) is 6. The van der Waals surface area contributed by atoms with E-state index in [9.17, 15) is 4.39 Å². The van der Waals surface area contributed by atoms with E-state index in [0.717, 1.165) is 44.0 Å². The Balaban J connectivity index is 1.50. The minimum absolute atomic E-state index is 0.165. The van der Waals surface area contributed by atoms with Crippen molar-refractivity contribution in [2.75, 3.05) is 31.1 Å². The van der Waals surface area contributed by atoms with Gasteiger partial charge in [0.15, 0.2) is 5.82 Å². The third-order valence-electron chi connectivity index (χ3n) is 5.67. The first-order chi connectivity index (χ1) is 14.6. The summed E-state index contributed by atoms with van der Waals surface area (Å²) in [7, 11) is 0. The lowest BCUT2D eigenvalue weighted by Crippen LogP contribution is -2.48. The molecule has 1 saturated heterocycles. The number of anilines is 1. The van der Waals surface area contributed by atoms with Crippen LogP contribution in [0.5, 0.6) is 0 Å². The Kier molecular flexibility index (Phi) is 6.38. The van der Waals surface area contributed by atoms with Gasteiger partial charge in [-0.05, 0) is 52.6 Å². The quantitative estimate of drug-likeness (QED) is 0.596. The molecule has 0 aliphatic carbocycles. The predicted octanol–water partition coefficient (Wildman–Crippen LogP) is 3.77. The first kappa shape index (κ1) is 20.5. The Morgan fingerprint density at radius 3 is 2.30 bits per heavy atom. The normalized spacial score (nSPS) is 16.2.